The molecule has 2 rings (SSSR count). The van der Waals surface area contributed by atoms with Gasteiger partial charge in [-0.1, -0.05) is 36.4 Å². The molecule has 0 aromatic heterocycles. The molecular formula is C14H14N2O. The lowest BCUT2D eigenvalue weighted by Gasteiger charge is -2.04. The van der Waals surface area contributed by atoms with Crippen molar-refractivity contribution in [2.75, 3.05) is 0 Å². The zero-order valence-electron chi connectivity index (χ0n) is 9.39. The van der Waals surface area contributed by atoms with Crippen molar-refractivity contribution in [3.63, 3.8) is 0 Å². The minimum Gasteiger partial charge on any atom is -0.366 e. The molecule has 1 amide bonds. The lowest BCUT2D eigenvalue weighted by Crippen LogP contribution is -2.10. The number of primary amides is 1. The Hall–Kier alpha value is -2.13. The van der Waals surface area contributed by atoms with E-state index in [0.717, 1.165) is 16.7 Å². The standard InChI is InChI=1S/C14H14N2O/c15-9-10-1-3-11(4-2-10)12-5-7-13(8-6-12)14(16)17/h1-8H,9,15H2,(H2,16,17). The molecule has 0 atom stereocenters. The SMILES string of the molecule is NCc1ccc(-c2ccc(C(N)=O)cc2)cc1. The Kier molecular flexibility index (Phi) is 3.21. The molecule has 0 aliphatic heterocycles. The van der Waals surface area contributed by atoms with Gasteiger partial charge in [0.25, 0.3) is 0 Å². The maximum atomic E-state index is 10.9. The number of rotatable bonds is 3. The van der Waals surface area contributed by atoms with Crippen LogP contribution in [0.4, 0.5) is 0 Å². The van der Waals surface area contributed by atoms with E-state index in [-0.39, 0.29) is 0 Å². The second-order valence-corrected chi connectivity index (χ2v) is 3.84. The van der Waals surface area contributed by atoms with Crippen LogP contribution in [0.25, 0.3) is 11.1 Å². The van der Waals surface area contributed by atoms with Gasteiger partial charge in [-0.05, 0) is 28.8 Å². The van der Waals surface area contributed by atoms with Crippen LogP contribution in [0.2, 0.25) is 0 Å². The third-order valence-electron chi connectivity index (χ3n) is 2.69. The fourth-order valence-electron chi connectivity index (χ4n) is 1.66. The normalized spacial score (nSPS) is 10.2. The first-order valence-corrected chi connectivity index (χ1v) is 5.40. The van der Waals surface area contributed by atoms with Crippen LogP contribution in [0, 0.1) is 0 Å². The van der Waals surface area contributed by atoms with Gasteiger partial charge in [0.2, 0.25) is 5.91 Å². The van der Waals surface area contributed by atoms with Crippen LogP contribution in [-0.4, -0.2) is 5.91 Å². The Labute approximate surface area is 100 Å². The summed E-state index contributed by atoms with van der Waals surface area (Å²) < 4.78 is 0. The molecule has 0 spiro atoms. The van der Waals surface area contributed by atoms with E-state index < -0.39 is 5.91 Å². The number of hydrogen-bond donors (Lipinski definition) is 2. The number of benzene rings is 2. The first kappa shape index (κ1) is 11.4. The quantitative estimate of drug-likeness (QED) is 0.839. The molecule has 4 N–H and O–H groups in total. The molecule has 86 valence electrons. The van der Waals surface area contributed by atoms with Gasteiger partial charge >= 0.3 is 0 Å². The third-order valence-corrected chi connectivity index (χ3v) is 2.69. The first-order valence-electron chi connectivity index (χ1n) is 5.40. The number of carbonyl (C=O) groups is 1. The summed E-state index contributed by atoms with van der Waals surface area (Å²) in [4.78, 5) is 10.9. The summed E-state index contributed by atoms with van der Waals surface area (Å²) in [5, 5.41) is 0. The van der Waals surface area contributed by atoms with E-state index in [9.17, 15) is 4.79 Å². The van der Waals surface area contributed by atoms with Gasteiger partial charge in [-0.15, -0.1) is 0 Å². The lowest BCUT2D eigenvalue weighted by molar-refractivity contribution is 0.100. The van der Waals surface area contributed by atoms with Crippen molar-refractivity contribution in [2.45, 2.75) is 6.54 Å². The van der Waals surface area contributed by atoms with Crippen molar-refractivity contribution in [3.05, 3.63) is 59.7 Å². The van der Waals surface area contributed by atoms with Gasteiger partial charge < -0.3 is 11.5 Å². The van der Waals surface area contributed by atoms with Crippen LogP contribution in [0.15, 0.2) is 48.5 Å². The predicted molar refractivity (Wildman–Crippen MR) is 68.3 cm³/mol. The lowest BCUT2D eigenvalue weighted by atomic mass is 10.0. The summed E-state index contributed by atoms with van der Waals surface area (Å²) in [7, 11) is 0. The molecule has 0 radical (unpaired) electrons. The van der Waals surface area contributed by atoms with Gasteiger partial charge in [-0.25, -0.2) is 0 Å². The first-order chi connectivity index (χ1) is 8.20. The van der Waals surface area contributed by atoms with Gasteiger partial charge in [0.15, 0.2) is 0 Å². The highest BCUT2D eigenvalue weighted by atomic mass is 16.1. The van der Waals surface area contributed by atoms with Crippen LogP contribution in [-0.2, 0) is 6.54 Å². The molecule has 0 fully saturated rings. The molecule has 0 aliphatic rings. The van der Waals surface area contributed by atoms with E-state index in [0.29, 0.717) is 12.1 Å². The van der Waals surface area contributed by atoms with Crippen molar-refractivity contribution in [1.82, 2.24) is 0 Å². The molecule has 2 aromatic carbocycles. The summed E-state index contributed by atoms with van der Waals surface area (Å²) in [6, 6.07) is 15.3. The number of hydrogen-bond acceptors (Lipinski definition) is 2. The highest BCUT2D eigenvalue weighted by Crippen LogP contribution is 2.20. The molecule has 3 nitrogen and oxygen atoms in total. The van der Waals surface area contributed by atoms with Gasteiger partial charge in [0.05, 0.1) is 0 Å². The molecule has 0 unspecified atom stereocenters. The van der Waals surface area contributed by atoms with E-state index in [1.807, 2.05) is 36.4 Å². The molecule has 0 bridgehead atoms. The maximum Gasteiger partial charge on any atom is 0.248 e. The number of carbonyl (C=O) groups excluding carboxylic acids is 1. The molecular weight excluding hydrogens is 212 g/mol. The van der Waals surface area contributed by atoms with Crippen LogP contribution in [0.3, 0.4) is 0 Å². The van der Waals surface area contributed by atoms with Crippen molar-refractivity contribution < 1.29 is 4.79 Å². The van der Waals surface area contributed by atoms with Gasteiger partial charge in [-0.3, -0.25) is 4.79 Å². The number of nitrogens with two attached hydrogens (primary N) is 2. The van der Waals surface area contributed by atoms with E-state index in [1.54, 1.807) is 12.1 Å². The van der Waals surface area contributed by atoms with Crippen LogP contribution in [0.1, 0.15) is 15.9 Å². The zero-order valence-corrected chi connectivity index (χ0v) is 9.39. The summed E-state index contributed by atoms with van der Waals surface area (Å²) in [6.45, 7) is 0.543. The molecule has 2 aromatic rings. The van der Waals surface area contributed by atoms with Crippen molar-refractivity contribution >= 4 is 5.91 Å². The monoisotopic (exact) mass is 226 g/mol. The van der Waals surface area contributed by atoms with E-state index in [4.69, 9.17) is 11.5 Å². The largest absolute Gasteiger partial charge is 0.366 e. The highest BCUT2D eigenvalue weighted by molar-refractivity contribution is 5.93. The van der Waals surface area contributed by atoms with Crippen molar-refractivity contribution in [2.24, 2.45) is 11.5 Å². The van der Waals surface area contributed by atoms with Crippen LogP contribution < -0.4 is 11.5 Å². The molecule has 17 heavy (non-hydrogen) atoms. The second kappa shape index (κ2) is 4.80. The summed E-state index contributed by atoms with van der Waals surface area (Å²) in [5.74, 6) is -0.407. The molecule has 0 aliphatic carbocycles. The minimum absolute atomic E-state index is 0.407. The van der Waals surface area contributed by atoms with Gasteiger partial charge in [-0.2, -0.15) is 0 Å². The average Bonchev–Trinajstić information content (AvgIpc) is 2.39. The Bertz CT molecular complexity index is 515. The molecule has 0 saturated carbocycles. The Balaban J connectivity index is 2.29. The molecule has 0 saturated heterocycles. The number of amides is 1. The average molecular weight is 226 g/mol. The Morgan fingerprint density at radius 2 is 1.35 bits per heavy atom. The van der Waals surface area contributed by atoms with E-state index in [2.05, 4.69) is 0 Å². The molecule has 3 heteroatoms. The second-order valence-electron chi connectivity index (χ2n) is 3.84. The van der Waals surface area contributed by atoms with Gasteiger partial charge in [0.1, 0.15) is 0 Å². The van der Waals surface area contributed by atoms with Crippen molar-refractivity contribution in [3.8, 4) is 11.1 Å². The summed E-state index contributed by atoms with van der Waals surface area (Å²) in [6.07, 6.45) is 0. The van der Waals surface area contributed by atoms with Gasteiger partial charge in [0, 0.05) is 12.1 Å². The van der Waals surface area contributed by atoms with Crippen molar-refractivity contribution in [1.29, 1.82) is 0 Å². The fourth-order valence-corrected chi connectivity index (χ4v) is 1.66. The topological polar surface area (TPSA) is 69.1 Å². The third kappa shape index (κ3) is 2.52. The Morgan fingerprint density at radius 1 is 0.882 bits per heavy atom. The van der Waals surface area contributed by atoms with E-state index in [1.165, 1.54) is 0 Å². The predicted octanol–water partition coefficient (Wildman–Crippen LogP) is 1.91. The van der Waals surface area contributed by atoms with E-state index >= 15 is 0 Å². The summed E-state index contributed by atoms with van der Waals surface area (Å²) >= 11 is 0. The highest BCUT2D eigenvalue weighted by Gasteiger charge is 2.01. The van der Waals surface area contributed by atoms with Crippen LogP contribution >= 0.6 is 0 Å². The van der Waals surface area contributed by atoms with Crippen LogP contribution in [0.5, 0.6) is 0 Å². The smallest absolute Gasteiger partial charge is 0.248 e. The minimum atomic E-state index is -0.407. The summed E-state index contributed by atoms with van der Waals surface area (Å²) in [5.41, 5.74) is 14.5. The zero-order chi connectivity index (χ0) is 12.3. The maximum absolute atomic E-state index is 10.9. The molecule has 0 heterocycles. The Morgan fingerprint density at radius 3 is 1.76 bits per heavy atom. The fraction of sp³-hybridized carbons (Fsp3) is 0.0714.